The lowest BCUT2D eigenvalue weighted by molar-refractivity contribution is 0.0478. The molecule has 6 nitrogen and oxygen atoms in total. The van der Waals surface area contributed by atoms with E-state index in [1.54, 1.807) is 6.92 Å². The fourth-order valence-electron chi connectivity index (χ4n) is 3.30. The van der Waals surface area contributed by atoms with Gasteiger partial charge in [-0.15, -0.1) is 11.3 Å². The SMILES string of the molecule is CCOc1ccc(-n2c(C)cc(C(=O)COC(=O)c3sc(C)nc3C)c2C)cc1. The molecule has 0 fully saturated rings. The number of Topliss-reactive ketones (excluding diaryl/α,β-unsaturated/α-hetero) is 1. The first-order valence-electron chi connectivity index (χ1n) is 9.38. The van der Waals surface area contributed by atoms with Crippen molar-refractivity contribution in [3.8, 4) is 11.4 Å². The molecule has 0 aliphatic rings. The smallest absolute Gasteiger partial charge is 0.350 e. The second-order valence-electron chi connectivity index (χ2n) is 6.69. The number of ether oxygens (including phenoxy) is 2. The maximum absolute atomic E-state index is 12.7. The summed E-state index contributed by atoms with van der Waals surface area (Å²) in [5.41, 5.74) is 3.84. The molecule has 7 heteroatoms. The molecule has 2 aromatic heterocycles. The van der Waals surface area contributed by atoms with Gasteiger partial charge in [-0.05, 0) is 65.0 Å². The minimum Gasteiger partial charge on any atom is -0.494 e. The highest BCUT2D eigenvalue weighted by Gasteiger charge is 2.20. The molecule has 0 radical (unpaired) electrons. The number of aromatic nitrogens is 2. The Morgan fingerprint density at radius 3 is 2.38 bits per heavy atom. The molecule has 0 amide bonds. The van der Waals surface area contributed by atoms with Crippen LogP contribution >= 0.6 is 11.3 Å². The molecular formula is C22H24N2O4S. The van der Waals surface area contributed by atoms with Crippen LogP contribution in [-0.2, 0) is 4.74 Å². The molecule has 0 aliphatic carbocycles. The Morgan fingerprint density at radius 2 is 1.79 bits per heavy atom. The van der Waals surface area contributed by atoms with E-state index in [4.69, 9.17) is 9.47 Å². The highest BCUT2D eigenvalue weighted by Crippen LogP contribution is 2.24. The molecule has 0 aliphatic heterocycles. The van der Waals surface area contributed by atoms with Crippen LogP contribution < -0.4 is 4.74 Å². The lowest BCUT2D eigenvalue weighted by Crippen LogP contribution is -2.15. The maximum atomic E-state index is 12.7. The van der Waals surface area contributed by atoms with Crippen molar-refractivity contribution in [3.63, 3.8) is 0 Å². The van der Waals surface area contributed by atoms with Gasteiger partial charge in [0, 0.05) is 22.6 Å². The molecular weight excluding hydrogens is 388 g/mol. The van der Waals surface area contributed by atoms with Crippen molar-refractivity contribution in [3.05, 3.63) is 62.9 Å². The van der Waals surface area contributed by atoms with Gasteiger partial charge in [-0.1, -0.05) is 0 Å². The van der Waals surface area contributed by atoms with Crippen LogP contribution in [0.3, 0.4) is 0 Å². The first-order valence-corrected chi connectivity index (χ1v) is 10.2. The zero-order valence-electron chi connectivity index (χ0n) is 17.2. The number of carbonyl (C=O) groups excluding carboxylic acids is 2. The Hall–Kier alpha value is -2.93. The summed E-state index contributed by atoms with van der Waals surface area (Å²) in [5, 5.41) is 0.791. The summed E-state index contributed by atoms with van der Waals surface area (Å²) in [6.07, 6.45) is 0. The van der Waals surface area contributed by atoms with E-state index in [2.05, 4.69) is 4.98 Å². The number of esters is 1. The van der Waals surface area contributed by atoms with E-state index < -0.39 is 5.97 Å². The number of benzene rings is 1. The van der Waals surface area contributed by atoms with Crippen LogP contribution in [0.2, 0.25) is 0 Å². The summed E-state index contributed by atoms with van der Waals surface area (Å²) in [5.74, 6) is 0.0554. The number of nitrogens with zero attached hydrogens (tertiary/aromatic N) is 2. The van der Waals surface area contributed by atoms with Crippen molar-refractivity contribution >= 4 is 23.1 Å². The third-order valence-electron chi connectivity index (χ3n) is 4.56. The summed E-state index contributed by atoms with van der Waals surface area (Å²) in [6.45, 7) is 9.66. The third kappa shape index (κ3) is 4.40. The largest absolute Gasteiger partial charge is 0.494 e. The maximum Gasteiger partial charge on any atom is 0.350 e. The summed E-state index contributed by atoms with van der Waals surface area (Å²) in [4.78, 5) is 29.6. The molecule has 0 saturated heterocycles. The van der Waals surface area contributed by atoms with E-state index in [-0.39, 0.29) is 12.4 Å². The average Bonchev–Trinajstić information content (AvgIpc) is 3.18. The summed E-state index contributed by atoms with van der Waals surface area (Å²) < 4.78 is 12.7. The van der Waals surface area contributed by atoms with E-state index in [9.17, 15) is 9.59 Å². The Morgan fingerprint density at radius 1 is 1.10 bits per heavy atom. The van der Waals surface area contributed by atoms with Crippen molar-refractivity contribution < 1.29 is 19.1 Å². The molecule has 0 unspecified atom stereocenters. The molecule has 152 valence electrons. The molecule has 0 N–H and O–H groups in total. The fourth-order valence-corrected chi connectivity index (χ4v) is 4.11. The first-order chi connectivity index (χ1) is 13.8. The summed E-state index contributed by atoms with van der Waals surface area (Å²) in [6, 6.07) is 9.53. The Balaban J connectivity index is 1.75. The van der Waals surface area contributed by atoms with Crippen LogP contribution in [0.5, 0.6) is 5.75 Å². The lowest BCUT2D eigenvalue weighted by Gasteiger charge is -2.11. The van der Waals surface area contributed by atoms with E-state index >= 15 is 0 Å². The number of hydrogen-bond acceptors (Lipinski definition) is 6. The van der Waals surface area contributed by atoms with Gasteiger partial charge < -0.3 is 14.0 Å². The highest BCUT2D eigenvalue weighted by atomic mass is 32.1. The van der Waals surface area contributed by atoms with Crippen molar-refractivity contribution in [1.29, 1.82) is 0 Å². The minimum atomic E-state index is -0.512. The zero-order chi connectivity index (χ0) is 21.1. The second-order valence-corrected chi connectivity index (χ2v) is 7.90. The van der Waals surface area contributed by atoms with Gasteiger partial charge >= 0.3 is 5.97 Å². The first kappa shape index (κ1) is 20.8. The van der Waals surface area contributed by atoms with Crippen molar-refractivity contribution in [2.45, 2.75) is 34.6 Å². The lowest BCUT2D eigenvalue weighted by atomic mass is 10.1. The monoisotopic (exact) mass is 412 g/mol. The molecule has 0 spiro atoms. The second kappa shape index (κ2) is 8.61. The molecule has 2 heterocycles. The van der Waals surface area contributed by atoms with Crippen LogP contribution in [0.15, 0.2) is 30.3 Å². The fraction of sp³-hybridized carbons (Fsp3) is 0.318. The number of carbonyl (C=O) groups is 2. The van der Waals surface area contributed by atoms with Crippen LogP contribution in [0.4, 0.5) is 0 Å². The zero-order valence-corrected chi connectivity index (χ0v) is 18.1. The molecule has 3 aromatic rings. The van der Waals surface area contributed by atoms with E-state index in [0.29, 0.717) is 22.7 Å². The van der Waals surface area contributed by atoms with Gasteiger partial charge in [0.15, 0.2) is 6.61 Å². The van der Waals surface area contributed by atoms with E-state index in [0.717, 1.165) is 27.8 Å². The Kier molecular flexibility index (Phi) is 6.17. The summed E-state index contributed by atoms with van der Waals surface area (Å²) >= 11 is 1.27. The van der Waals surface area contributed by atoms with Crippen molar-refractivity contribution in [1.82, 2.24) is 9.55 Å². The predicted molar refractivity (Wildman–Crippen MR) is 113 cm³/mol. The number of rotatable bonds is 7. The topological polar surface area (TPSA) is 70.4 Å². The number of aryl methyl sites for hydroxylation is 3. The highest BCUT2D eigenvalue weighted by molar-refractivity contribution is 7.13. The minimum absolute atomic E-state index is 0.234. The number of hydrogen-bond donors (Lipinski definition) is 0. The van der Waals surface area contributed by atoms with E-state index in [1.807, 2.05) is 62.6 Å². The van der Waals surface area contributed by atoms with Crippen LogP contribution in [0, 0.1) is 27.7 Å². The van der Waals surface area contributed by atoms with Gasteiger partial charge in [-0.3, -0.25) is 4.79 Å². The number of thiazole rings is 1. The van der Waals surface area contributed by atoms with Crippen LogP contribution in [-0.4, -0.2) is 34.5 Å². The van der Waals surface area contributed by atoms with Crippen LogP contribution in [0.1, 0.15) is 49.0 Å². The van der Waals surface area contributed by atoms with Gasteiger partial charge in [0.25, 0.3) is 0 Å². The third-order valence-corrected chi connectivity index (χ3v) is 5.61. The molecule has 1 aromatic carbocycles. The van der Waals surface area contributed by atoms with Crippen molar-refractivity contribution in [2.75, 3.05) is 13.2 Å². The molecule has 0 bridgehead atoms. The standard InChI is InChI=1S/C22H24N2O4S/c1-6-27-18-9-7-17(8-10-18)24-13(2)11-19(15(24)4)20(25)12-28-22(26)21-14(3)23-16(5)29-21/h7-11H,6,12H2,1-5H3. The average molecular weight is 413 g/mol. The van der Waals surface area contributed by atoms with Gasteiger partial charge in [0.1, 0.15) is 10.6 Å². The quantitative estimate of drug-likeness (QED) is 0.419. The van der Waals surface area contributed by atoms with E-state index in [1.165, 1.54) is 11.3 Å². The Bertz CT molecular complexity index is 1050. The predicted octanol–water partition coefficient (Wildman–Crippen LogP) is 4.61. The number of ketones is 1. The Labute approximate surface area is 174 Å². The molecule has 0 atom stereocenters. The normalized spacial score (nSPS) is 10.8. The van der Waals surface area contributed by atoms with Crippen molar-refractivity contribution in [2.24, 2.45) is 0 Å². The van der Waals surface area contributed by atoms with Gasteiger partial charge in [0.2, 0.25) is 5.78 Å². The molecule has 3 rings (SSSR count). The van der Waals surface area contributed by atoms with Crippen LogP contribution in [0.25, 0.3) is 5.69 Å². The molecule has 0 saturated carbocycles. The molecule has 29 heavy (non-hydrogen) atoms. The van der Waals surface area contributed by atoms with Gasteiger partial charge in [0.05, 0.1) is 17.3 Å². The van der Waals surface area contributed by atoms with Gasteiger partial charge in [-0.25, -0.2) is 9.78 Å². The summed E-state index contributed by atoms with van der Waals surface area (Å²) in [7, 11) is 0. The van der Waals surface area contributed by atoms with Gasteiger partial charge in [-0.2, -0.15) is 0 Å².